The van der Waals surface area contributed by atoms with Gasteiger partial charge in [0.15, 0.2) is 0 Å². The first-order chi connectivity index (χ1) is 12.4. The van der Waals surface area contributed by atoms with Gasteiger partial charge in [-0.3, -0.25) is 9.59 Å². The van der Waals surface area contributed by atoms with Crippen molar-refractivity contribution in [1.82, 2.24) is 14.3 Å². The molecule has 1 saturated carbocycles. The highest BCUT2D eigenvalue weighted by Gasteiger charge is 2.24. The standard InChI is InChI=1S/C19H18FN3O3/c1-11-19(15-5-7-17(24)23(21-15)9-12-2-3-12)14-8-13(20)4-6-16(14)22(11)10-18(25)26/h4-8,12H,2-3,9-10H2,1H3,(H,25,26). The van der Waals surface area contributed by atoms with Crippen LogP contribution in [-0.2, 0) is 17.9 Å². The molecule has 1 N–H and O–H groups in total. The van der Waals surface area contributed by atoms with Crippen molar-refractivity contribution in [2.45, 2.75) is 32.9 Å². The summed E-state index contributed by atoms with van der Waals surface area (Å²) < 4.78 is 16.9. The fourth-order valence-electron chi connectivity index (χ4n) is 3.37. The van der Waals surface area contributed by atoms with Gasteiger partial charge in [0.25, 0.3) is 5.56 Å². The van der Waals surface area contributed by atoms with E-state index in [-0.39, 0.29) is 12.1 Å². The predicted molar refractivity (Wildman–Crippen MR) is 94.5 cm³/mol. The third-order valence-corrected chi connectivity index (χ3v) is 4.83. The maximum Gasteiger partial charge on any atom is 0.323 e. The number of fused-ring (bicyclic) bond motifs is 1. The average molecular weight is 355 g/mol. The first kappa shape index (κ1) is 16.5. The van der Waals surface area contributed by atoms with Gasteiger partial charge in [0, 0.05) is 34.8 Å². The summed E-state index contributed by atoms with van der Waals surface area (Å²) in [7, 11) is 0. The lowest BCUT2D eigenvalue weighted by atomic mass is 10.1. The van der Waals surface area contributed by atoms with Crippen LogP contribution in [0.2, 0.25) is 0 Å². The Labute approximate surface area is 148 Å². The predicted octanol–water partition coefficient (Wildman–Crippen LogP) is 2.81. The van der Waals surface area contributed by atoms with E-state index in [1.807, 2.05) is 0 Å². The minimum atomic E-state index is -0.979. The number of hydrogen-bond acceptors (Lipinski definition) is 3. The van der Waals surface area contributed by atoms with Crippen LogP contribution in [0, 0.1) is 18.7 Å². The van der Waals surface area contributed by atoms with E-state index in [1.54, 1.807) is 23.6 Å². The summed E-state index contributed by atoms with van der Waals surface area (Å²) in [5.74, 6) is -0.896. The fraction of sp³-hybridized carbons (Fsp3) is 0.316. The Morgan fingerprint density at radius 3 is 2.77 bits per heavy atom. The monoisotopic (exact) mass is 355 g/mol. The SMILES string of the molecule is Cc1c(-c2ccc(=O)n(CC3CC3)n2)c2cc(F)ccc2n1CC(=O)O. The molecule has 0 amide bonds. The minimum Gasteiger partial charge on any atom is -0.480 e. The normalized spacial score (nSPS) is 14.1. The smallest absolute Gasteiger partial charge is 0.323 e. The van der Waals surface area contributed by atoms with E-state index in [2.05, 4.69) is 5.10 Å². The summed E-state index contributed by atoms with van der Waals surface area (Å²) >= 11 is 0. The molecule has 0 atom stereocenters. The van der Waals surface area contributed by atoms with Crippen LogP contribution in [0.5, 0.6) is 0 Å². The molecule has 1 aromatic carbocycles. The van der Waals surface area contributed by atoms with Crippen LogP contribution in [0.4, 0.5) is 4.39 Å². The van der Waals surface area contributed by atoms with Gasteiger partial charge in [0.05, 0.1) is 5.69 Å². The van der Waals surface area contributed by atoms with Crippen molar-refractivity contribution < 1.29 is 14.3 Å². The summed E-state index contributed by atoms with van der Waals surface area (Å²) in [6.07, 6.45) is 2.20. The zero-order valence-electron chi connectivity index (χ0n) is 14.3. The number of halogens is 1. The van der Waals surface area contributed by atoms with Crippen molar-refractivity contribution in [3.63, 3.8) is 0 Å². The molecule has 4 rings (SSSR count). The van der Waals surface area contributed by atoms with Crippen molar-refractivity contribution >= 4 is 16.9 Å². The van der Waals surface area contributed by atoms with Gasteiger partial charge in [-0.15, -0.1) is 0 Å². The minimum absolute atomic E-state index is 0.168. The highest BCUT2D eigenvalue weighted by molar-refractivity contribution is 5.97. The Balaban J connectivity index is 1.93. The lowest BCUT2D eigenvalue weighted by Crippen LogP contribution is -2.23. The highest BCUT2D eigenvalue weighted by atomic mass is 19.1. The summed E-state index contributed by atoms with van der Waals surface area (Å²) in [5, 5.41) is 14.3. The molecule has 26 heavy (non-hydrogen) atoms. The Morgan fingerprint density at radius 2 is 2.08 bits per heavy atom. The first-order valence-corrected chi connectivity index (χ1v) is 8.52. The second kappa shape index (κ2) is 6.09. The van der Waals surface area contributed by atoms with E-state index in [0.717, 1.165) is 12.8 Å². The Morgan fingerprint density at radius 1 is 1.31 bits per heavy atom. The second-order valence-corrected chi connectivity index (χ2v) is 6.78. The molecular formula is C19H18FN3O3. The number of rotatable bonds is 5. The Kier molecular flexibility index (Phi) is 3.86. The van der Waals surface area contributed by atoms with E-state index < -0.39 is 11.8 Å². The molecule has 0 unspecified atom stereocenters. The van der Waals surface area contributed by atoms with Crippen LogP contribution < -0.4 is 5.56 Å². The van der Waals surface area contributed by atoms with Gasteiger partial charge in [0.1, 0.15) is 12.4 Å². The van der Waals surface area contributed by atoms with Crippen molar-refractivity contribution in [2.24, 2.45) is 5.92 Å². The van der Waals surface area contributed by atoms with Gasteiger partial charge in [0.2, 0.25) is 0 Å². The number of aliphatic carboxylic acids is 1. The molecule has 7 heteroatoms. The molecule has 0 bridgehead atoms. The van der Waals surface area contributed by atoms with Crippen LogP contribution in [0.1, 0.15) is 18.5 Å². The highest BCUT2D eigenvalue weighted by Crippen LogP contribution is 2.34. The molecule has 1 aliphatic carbocycles. The van der Waals surface area contributed by atoms with Crippen LogP contribution in [0.15, 0.2) is 35.1 Å². The number of hydrogen-bond donors (Lipinski definition) is 1. The Bertz CT molecular complexity index is 1080. The van der Waals surface area contributed by atoms with Gasteiger partial charge in [-0.05, 0) is 49.9 Å². The number of aromatic nitrogens is 3. The Hall–Kier alpha value is -2.96. The van der Waals surface area contributed by atoms with E-state index in [4.69, 9.17) is 0 Å². The third-order valence-electron chi connectivity index (χ3n) is 4.83. The lowest BCUT2D eigenvalue weighted by Gasteiger charge is -2.08. The molecule has 0 spiro atoms. The fourth-order valence-corrected chi connectivity index (χ4v) is 3.37. The maximum absolute atomic E-state index is 13.9. The molecule has 2 aromatic heterocycles. The van der Waals surface area contributed by atoms with Crippen molar-refractivity contribution in [1.29, 1.82) is 0 Å². The van der Waals surface area contributed by atoms with Crippen LogP contribution in [-0.4, -0.2) is 25.4 Å². The maximum atomic E-state index is 13.9. The van der Waals surface area contributed by atoms with Crippen LogP contribution in [0.3, 0.4) is 0 Å². The van der Waals surface area contributed by atoms with Crippen molar-refractivity contribution in [3.05, 3.63) is 52.2 Å². The molecule has 1 fully saturated rings. The van der Waals surface area contributed by atoms with E-state index >= 15 is 0 Å². The number of nitrogens with zero attached hydrogens (tertiary/aromatic N) is 3. The number of carboxylic acids is 1. The molecular weight excluding hydrogens is 337 g/mol. The van der Waals surface area contributed by atoms with Gasteiger partial charge < -0.3 is 9.67 Å². The van der Waals surface area contributed by atoms with E-state index in [1.165, 1.54) is 22.9 Å². The zero-order chi connectivity index (χ0) is 18.4. The van der Waals surface area contributed by atoms with Crippen LogP contribution >= 0.6 is 0 Å². The second-order valence-electron chi connectivity index (χ2n) is 6.78. The van der Waals surface area contributed by atoms with Gasteiger partial charge >= 0.3 is 5.97 Å². The number of carboxylic acid groups (broad SMARTS) is 1. The quantitative estimate of drug-likeness (QED) is 0.763. The molecule has 134 valence electrons. The summed E-state index contributed by atoms with van der Waals surface area (Å²) in [4.78, 5) is 23.3. The van der Waals surface area contributed by atoms with Crippen molar-refractivity contribution in [2.75, 3.05) is 0 Å². The van der Waals surface area contributed by atoms with Crippen molar-refractivity contribution in [3.8, 4) is 11.3 Å². The molecule has 0 radical (unpaired) electrons. The molecule has 1 aliphatic rings. The van der Waals surface area contributed by atoms with Crippen LogP contribution in [0.25, 0.3) is 22.2 Å². The summed E-state index contributed by atoms with van der Waals surface area (Å²) in [5.41, 5.74) is 2.34. The number of carbonyl (C=O) groups is 1. The van der Waals surface area contributed by atoms with Gasteiger partial charge in [-0.2, -0.15) is 5.10 Å². The van der Waals surface area contributed by atoms with Gasteiger partial charge in [-0.1, -0.05) is 0 Å². The number of benzene rings is 1. The largest absolute Gasteiger partial charge is 0.480 e. The van der Waals surface area contributed by atoms with E-state index in [0.29, 0.717) is 40.3 Å². The van der Waals surface area contributed by atoms with E-state index in [9.17, 15) is 19.1 Å². The zero-order valence-corrected chi connectivity index (χ0v) is 14.3. The average Bonchev–Trinajstić information content (AvgIpc) is 3.36. The third kappa shape index (κ3) is 2.89. The molecule has 3 aromatic rings. The molecule has 0 aliphatic heterocycles. The molecule has 2 heterocycles. The van der Waals surface area contributed by atoms with Gasteiger partial charge in [-0.25, -0.2) is 9.07 Å². The topological polar surface area (TPSA) is 77.1 Å². The molecule has 0 saturated heterocycles. The summed E-state index contributed by atoms with van der Waals surface area (Å²) in [6, 6.07) is 7.34. The molecule has 6 nitrogen and oxygen atoms in total. The first-order valence-electron chi connectivity index (χ1n) is 8.52. The summed E-state index contributed by atoms with van der Waals surface area (Å²) in [6.45, 7) is 2.14. The lowest BCUT2D eigenvalue weighted by molar-refractivity contribution is -0.137.